The summed E-state index contributed by atoms with van der Waals surface area (Å²) >= 11 is 1.45. The molecular formula is C45H53N7O5S2. The van der Waals surface area contributed by atoms with E-state index < -0.39 is 22.2 Å². The number of para-hydroxylation sites is 1. The summed E-state index contributed by atoms with van der Waals surface area (Å²) < 4.78 is 29.8. The van der Waals surface area contributed by atoms with E-state index in [0.29, 0.717) is 58.5 Å². The van der Waals surface area contributed by atoms with E-state index in [1.54, 1.807) is 0 Å². The van der Waals surface area contributed by atoms with Crippen molar-refractivity contribution >= 4 is 55.0 Å². The number of ether oxygens (including phenoxy) is 1. The summed E-state index contributed by atoms with van der Waals surface area (Å²) in [7, 11) is -2.45. The monoisotopic (exact) mass is 835 g/mol. The predicted molar refractivity (Wildman–Crippen MR) is 233 cm³/mol. The topological polar surface area (TPSA) is 146 Å². The first-order valence-electron chi connectivity index (χ1n) is 21.0. The van der Waals surface area contributed by atoms with Crippen molar-refractivity contribution < 1.29 is 23.4 Å². The number of amides is 1. The smallest absolute Gasteiger partial charge is 0.358 e. The molecular weight excluding hydrogens is 783 g/mol. The number of rotatable bonds is 8. The molecule has 4 saturated carbocycles. The highest BCUT2D eigenvalue weighted by Gasteiger charge is 2.60. The second-order valence-corrected chi connectivity index (χ2v) is 22.4. The zero-order valence-corrected chi connectivity index (χ0v) is 35.7. The van der Waals surface area contributed by atoms with Crippen molar-refractivity contribution in [2.45, 2.75) is 89.9 Å². The summed E-state index contributed by atoms with van der Waals surface area (Å²) in [6, 6.07) is 17.6. The fourth-order valence-electron chi connectivity index (χ4n) is 11.5. The summed E-state index contributed by atoms with van der Waals surface area (Å²) in [6.07, 6.45) is 11.9. The number of benzene rings is 2. The lowest BCUT2D eigenvalue weighted by Gasteiger charge is -2.66. The van der Waals surface area contributed by atoms with Crippen molar-refractivity contribution in [2.24, 2.45) is 17.3 Å². The van der Waals surface area contributed by atoms with Crippen LogP contribution in [-0.2, 0) is 24.2 Å². The second kappa shape index (κ2) is 14.4. The number of anilines is 2. The van der Waals surface area contributed by atoms with Crippen LogP contribution in [0.5, 0.6) is 0 Å². The maximum Gasteiger partial charge on any atom is 0.358 e. The molecule has 4 bridgehead atoms. The average Bonchev–Trinajstić information content (AvgIpc) is 3.82. The zero-order chi connectivity index (χ0) is 40.7. The van der Waals surface area contributed by atoms with Gasteiger partial charge in [0.1, 0.15) is 11.4 Å². The molecule has 0 radical (unpaired) electrons. The Labute approximate surface area is 350 Å². The number of pyridine rings is 1. The van der Waals surface area contributed by atoms with Gasteiger partial charge in [-0.2, -0.15) is 15.7 Å². The molecule has 310 valence electrons. The van der Waals surface area contributed by atoms with E-state index in [2.05, 4.69) is 37.0 Å². The third-order valence-corrected chi connectivity index (χ3v) is 16.1. The third-order valence-electron chi connectivity index (χ3n) is 13.5. The fourth-order valence-corrected chi connectivity index (χ4v) is 13.6. The van der Waals surface area contributed by atoms with E-state index >= 15 is 0 Å². The van der Waals surface area contributed by atoms with Crippen LogP contribution in [0.1, 0.15) is 91.3 Å². The van der Waals surface area contributed by atoms with Crippen molar-refractivity contribution in [3.05, 3.63) is 89.4 Å². The highest BCUT2D eigenvalue weighted by atomic mass is 32.3. The Morgan fingerprint density at radius 3 is 2.51 bits per heavy atom. The molecule has 3 N–H and O–H groups in total. The molecule has 11 rings (SSSR count). The number of hydrogen-bond acceptors (Lipinski definition) is 11. The summed E-state index contributed by atoms with van der Waals surface area (Å²) in [5.74, 6) is 2.31. The number of hydrogen-bond donors (Lipinski definition) is 3. The minimum Gasteiger partial charge on any atom is -0.455 e. The van der Waals surface area contributed by atoms with Gasteiger partial charge >= 0.3 is 5.97 Å². The number of carbonyl (C=O) groups excluding carboxylic acids is 2. The Kier molecular flexibility index (Phi) is 9.48. The highest BCUT2D eigenvalue weighted by molar-refractivity contribution is 8.24. The lowest BCUT2D eigenvalue weighted by atomic mass is 9.46. The van der Waals surface area contributed by atoms with Gasteiger partial charge in [0.05, 0.1) is 27.9 Å². The number of thiazole rings is 1. The van der Waals surface area contributed by atoms with Crippen LogP contribution in [0.2, 0.25) is 0 Å². The maximum absolute atomic E-state index is 14.0. The Morgan fingerprint density at radius 1 is 0.966 bits per heavy atom. The number of esters is 1. The van der Waals surface area contributed by atoms with Gasteiger partial charge in [0.15, 0.2) is 10.8 Å². The molecule has 2 atom stereocenters. The van der Waals surface area contributed by atoms with Gasteiger partial charge in [-0.25, -0.2) is 14.8 Å². The lowest BCUT2D eigenvalue weighted by Crippen LogP contribution is -2.65. The van der Waals surface area contributed by atoms with Gasteiger partial charge in [0, 0.05) is 61.1 Å². The number of carbonyl (C=O) groups is 2. The Morgan fingerprint density at radius 2 is 1.75 bits per heavy atom. The van der Waals surface area contributed by atoms with Crippen molar-refractivity contribution in [3.63, 3.8) is 0 Å². The van der Waals surface area contributed by atoms with Gasteiger partial charge in [0.2, 0.25) is 0 Å². The first-order valence-corrected chi connectivity index (χ1v) is 23.7. The van der Waals surface area contributed by atoms with Crippen LogP contribution in [0.4, 0.5) is 10.9 Å². The molecule has 3 aromatic heterocycles. The molecule has 59 heavy (non-hydrogen) atoms. The van der Waals surface area contributed by atoms with Crippen molar-refractivity contribution in [1.82, 2.24) is 24.6 Å². The molecule has 0 spiro atoms. The minimum atomic E-state index is -2.45. The first-order chi connectivity index (χ1) is 28.2. The van der Waals surface area contributed by atoms with Crippen LogP contribution in [0, 0.1) is 17.3 Å². The van der Waals surface area contributed by atoms with E-state index in [0.717, 1.165) is 59.4 Å². The van der Waals surface area contributed by atoms with Crippen molar-refractivity contribution in [3.8, 4) is 11.1 Å². The van der Waals surface area contributed by atoms with Gasteiger partial charge in [-0.1, -0.05) is 35.6 Å². The second-order valence-electron chi connectivity index (χ2n) is 18.9. The van der Waals surface area contributed by atoms with E-state index in [9.17, 15) is 18.7 Å². The number of fused-ring (bicyclic) bond motifs is 2. The molecule has 4 aliphatic carbocycles. The van der Waals surface area contributed by atoms with Gasteiger partial charge in [-0.15, -0.1) is 0 Å². The summed E-state index contributed by atoms with van der Waals surface area (Å²) in [5.41, 5.74) is 4.81. The average molecular weight is 836 g/mol. The van der Waals surface area contributed by atoms with Gasteiger partial charge in [0.25, 0.3) is 5.91 Å². The molecule has 2 aliphatic heterocycles. The van der Waals surface area contributed by atoms with Crippen LogP contribution in [0.3, 0.4) is 0 Å². The van der Waals surface area contributed by atoms with Crippen LogP contribution < -0.4 is 10.2 Å². The number of nitrogens with one attached hydrogen (secondary N) is 1. The maximum atomic E-state index is 14.0. The van der Waals surface area contributed by atoms with E-state index in [4.69, 9.17) is 14.8 Å². The molecule has 1 saturated heterocycles. The molecule has 6 aliphatic rings. The van der Waals surface area contributed by atoms with E-state index in [1.165, 1.54) is 43.4 Å². The molecule has 14 heteroatoms. The van der Waals surface area contributed by atoms with Crippen LogP contribution in [0.25, 0.3) is 21.3 Å². The Balaban J connectivity index is 0.907. The molecule has 2 aromatic carbocycles. The van der Waals surface area contributed by atoms with Gasteiger partial charge in [-0.05, 0) is 124 Å². The number of aromatic nitrogens is 4. The largest absolute Gasteiger partial charge is 0.455 e. The molecule has 12 nitrogen and oxygen atoms in total. The predicted octanol–water partition coefficient (Wildman–Crippen LogP) is 8.73. The van der Waals surface area contributed by atoms with Crippen molar-refractivity contribution in [1.29, 1.82) is 0 Å². The zero-order valence-electron chi connectivity index (χ0n) is 34.0. The first kappa shape index (κ1) is 38.8. The summed E-state index contributed by atoms with van der Waals surface area (Å²) in [5, 5.41) is 8.51. The third kappa shape index (κ3) is 7.56. The number of nitrogens with zero attached hydrogens (tertiary/aromatic N) is 6. The minimum absolute atomic E-state index is 0.135. The lowest BCUT2D eigenvalue weighted by molar-refractivity contribution is -0.137. The molecule has 1 amide bonds. The molecule has 5 heterocycles. The van der Waals surface area contributed by atoms with E-state index in [1.807, 2.05) is 75.5 Å². The quantitative estimate of drug-likeness (QED) is 0.130. The van der Waals surface area contributed by atoms with Crippen LogP contribution in [-0.4, -0.2) is 87.9 Å². The standard InChI is InChI=1S/C45H53N7O5S2/c1-43(2,3)57-41(54)39-33(32-24-46-52(25-32)28-44-20-29-19-30(21-44)23-45(22-29,27-44)51-15-17-59(55,56)18-16-51)11-12-38(48-39)50-14-13-31-7-6-8-34(35(31)26-50)40(53)49-42-47-36-9-4-5-10-37(36)58-42/h4-12,24-25,29-30,55-56H,13-23,26-28H2,1-3H3,(H,47,49,53). The molecule has 5 fully saturated rings. The normalized spacial score (nSPS) is 26.8. The van der Waals surface area contributed by atoms with Crippen molar-refractivity contribution in [2.75, 3.05) is 41.4 Å². The van der Waals surface area contributed by atoms with Gasteiger partial charge < -0.3 is 9.64 Å². The Bertz CT molecular complexity index is 2400. The highest BCUT2D eigenvalue weighted by Crippen LogP contribution is 2.64. The van der Waals surface area contributed by atoms with Crippen LogP contribution in [0.15, 0.2) is 67.0 Å². The SMILES string of the molecule is CC(C)(C)OC(=O)c1nc(N2CCc3cccc(C(=O)Nc4nc5ccccc5s4)c3C2)ccc1-c1cnn(CC23CC4CC(C2)CC(N2CCS(O)(O)CC2)(C4)C3)c1. The molecule has 2 unspecified atom stereocenters. The molecule has 5 aromatic rings. The summed E-state index contributed by atoms with van der Waals surface area (Å²) in [6.45, 7) is 9.09. The fraction of sp³-hybridized carbons (Fsp3) is 0.489. The van der Waals surface area contributed by atoms with E-state index in [-0.39, 0.29) is 22.6 Å². The summed E-state index contributed by atoms with van der Waals surface area (Å²) in [4.78, 5) is 42.1. The van der Waals surface area contributed by atoms with Gasteiger partial charge in [-0.3, -0.25) is 28.8 Å². The van der Waals surface area contributed by atoms with Crippen LogP contribution >= 0.6 is 21.9 Å². The Hall–Kier alpha value is -4.34.